The first kappa shape index (κ1) is 25.8. The van der Waals surface area contributed by atoms with E-state index in [0.717, 1.165) is 38.5 Å². The number of rotatable bonds is 5. The minimum absolute atomic E-state index is 0.168. The van der Waals surface area contributed by atoms with Gasteiger partial charge in [-0.05, 0) is 51.9 Å². The van der Waals surface area contributed by atoms with E-state index in [-0.39, 0.29) is 23.9 Å². The Kier molecular flexibility index (Phi) is 7.04. The zero-order chi connectivity index (χ0) is 25.7. The molecule has 36 heavy (non-hydrogen) atoms. The Bertz CT molecular complexity index is 923. The molecular weight excluding hydrogens is 466 g/mol. The summed E-state index contributed by atoms with van der Waals surface area (Å²) in [6.07, 6.45) is 3.47. The number of piperidine rings is 1. The molecule has 10 heteroatoms. The number of carbonyl (C=O) groups excluding carboxylic acids is 1. The minimum atomic E-state index is -2.90. The average Bonchev–Trinajstić information content (AvgIpc) is 3.36. The van der Waals surface area contributed by atoms with Crippen molar-refractivity contribution in [3.63, 3.8) is 0 Å². The van der Waals surface area contributed by atoms with Gasteiger partial charge in [0.2, 0.25) is 5.89 Å². The van der Waals surface area contributed by atoms with Crippen molar-refractivity contribution in [2.75, 3.05) is 39.3 Å². The first-order valence-electron chi connectivity index (χ1n) is 13.8. The highest BCUT2D eigenvalue weighted by molar-refractivity contribution is 5.75. The van der Waals surface area contributed by atoms with Crippen LogP contribution >= 0.6 is 0 Å². The number of urea groups is 1. The van der Waals surface area contributed by atoms with Crippen LogP contribution < -0.4 is 5.32 Å². The Morgan fingerprint density at radius 2 is 1.78 bits per heavy atom. The van der Waals surface area contributed by atoms with Crippen molar-refractivity contribution in [3.8, 4) is 0 Å². The molecule has 0 aromatic carbocycles. The third-order valence-corrected chi connectivity index (χ3v) is 9.24. The Morgan fingerprint density at radius 1 is 1.11 bits per heavy atom. The fraction of sp³-hybridized carbons (Fsp3) is 0.885. The molecule has 0 radical (unpaired) electrons. The van der Waals surface area contributed by atoms with Crippen LogP contribution in [0.5, 0.6) is 0 Å². The molecule has 2 saturated heterocycles. The molecule has 8 nitrogen and oxygen atoms in total. The van der Waals surface area contributed by atoms with Gasteiger partial charge in [-0.15, -0.1) is 0 Å². The number of carbonyl (C=O) groups is 1. The largest absolute Gasteiger partial charge is 0.339 e. The molecule has 1 N–H and O–H groups in total. The standard InChI is InChI=1S/C26H42F2N6O2/c1-17(2)32-12-14-33(15-13-32)20-6-5-7-26(27,28)21(20)29-24(35)34-10-8-25(4,9-11-34)23-30-22(36-31-23)19-16-18(19)3/h17-21H,5-16H2,1-4H3,(H,29,35)/t18-,19+,20+,21-/m1/s1. The number of alkyl halides is 2. The molecule has 2 amide bonds. The lowest BCUT2D eigenvalue weighted by atomic mass is 9.79. The highest BCUT2D eigenvalue weighted by Gasteiger charge is 2.50. The second kappa shape index (κ2) is 9.82. The van der Waals surface area contributed by atoms with Crippen molar-refractivity contribution >= 4 is 6.03 Å². The number of hydrogen-bond donors (Lipinski definition) is 1. The summed E-state index contributed by atoms with van der Waals surface area (Å²) in [5, 5.41) is 7.05. The minimum Gasteiger partial charge on any atom is -0.339 e. The zero-order valence-electron chi connectivity index (χ0n) is 22.2. The molecule has 4 fully saturated rings. The van der Waals surface area contributed by atoms with Crippen molar-refractivity contribution in [2.45, 2.75) is 102 Å². The number of hydrogen-bond acceptors (Lipinski definition) is 6. The van der Waals surface area contributed by atoms with Crippen LogP contribution in [0.2, 0.25) is 0 Å². The third kappa shape index (κ3) is 5.12. The number of likely N-dealkylation sites (tertiary alicyclic amines) is 1. The zero-order valence-corrected chi connectivity index (χ0v) is 22.2. The number of nitrogens with one attached hydrogen (secondary N) is 1. The van der Waals surface area contributed by atoms with Crippen LogP contribution in [-0.2, 0) is 5.41 Å². The van der Waals surface area contributed by atoms with Crippen LogP contribution in [0, 0.1) is 5.92 Å². The molecule has 0 unspecified atom stereocenters. The lowest BCUT2D eigenvalue weighted by molar-refractivity contribution is -0.0973. The highest BCUT2D eigenvalue weighted by Crippen LogP contribution is 2.47. The van der Waals surface area contributed by atoms with Gasteiger partial charge in [-0.25, -0.2) is 13.6 Å². The van der Waals surface area contributed by atoms with E-state index in [0.29, 0.717) is 62.5 Å². The summed E-state index contributed by atoms with van der Waals surface area (Å²) < 4.78 is 35.8. The van der Waals surface area contributed by atoms with Crippen molar-refractivity contribution in [2.24, 2.45) is 5.92 Å². The maximum atomic E-state index is 15.2. The summed E-state index contributed by atoms with van der Waals surface area (Å²) in [6.45, 7) is 12.9. The van der Waals surface area contributed by atoms with Crippen molar-refractivity contribution in [1.29, 1.82) is 0 Å². The van der Waals surface area contributed by atoms with Crippen molar-refractivity contribution in [3.05, 3.63) is 11.7 Å². The molecular formula is C26H42F2N6O2. The van der Waals surface area contributed by atoms with E-state index in [2.05, 4.69) is 53.0 Å². The van der Waals surface area contributed by atoms with Crippen LogP contribution in [0.25, 0.3) is 0 Å². The Hall–Kier alpha value is -1.81. The normalized spacial score (nSPS) is 33.0. The molecule has 3 heterocycles. The van der Waals surface area contributed by atoms with E-state index in [1.165, 1.54) is 0 Å². The molecule has 0 bridgehead atoms. The van der Waals surface area contributed by atoms with E-state index in [9.17, 15) is 4.79 Å². The van der Waals surface area contributed by atoms with Gasteiger partial charge in [0, 0.05) is 69.1 Å². The summed E-state index contributed by atoms with van der Waals surface area (Å²) >= 11 is 0. The fourth-order valence-electron chi connectivity index (χ4n) is 6.28. The monoisotopic (exact) mass is 508 g/mol. The Morgan fingerprint density at radius 3 is 2.39 bits per heavy atom. The molecule has 2 saturated carbocycles. The van der Waals surface area contributed by atoms with Crippen LogP contribution in [0.1, 0.15) is 83.9 Å². The topological polar surface area (TPSA) is 77.7 Å². The van der Waals surface area contributed by atoms with Gasteiger partial charge in [0.15, 0.2) is 5.82 Å². The van der Waals surface area contributed by atoms with Crippen molar-refractivity contribution in [1.82, 2.24) is 30.2 Å². The summed E-state index contributed by atoms with van der Waals surface area (Å²) in [6, 6.07) is -1.41. The van der Waals surface area contributed by atoms with Gasteiger partial charge in [-0.1, -0.05) is 19.0 Å². The number of halogens is 2. The Labute approximate surface area is 213 Å². The predicted octanol–water partition coefficient (Wildman–Crippen LogP) is 3.84. The van der Waals surface area contributed by atoms with Gasteiger partial charge in [0.25, 0.3) is 5.92 Å². The molecule has 4 aliphatic rings. The molecule has 1 aromatic rings. The molecule has 2 aliphatic carbocycles. The second-order valence-corrected chi connectivity index (χ2v) is 12.1. The lowest BCUT2D eigenvalue weighted by Crippen LogP contribution is -2.66. The SMILES string of the molecule is CC(C)N1CCN([C@H]2CCCC(F)(F)[C@@H]2NC(=O)N2CCC(C)(c3noc([C@H]4C[C@H]4C)n3)CC2)CC1. The average molecular weight is 509 g/mol. The van der Waals surface area contributed by atoms with E-state index >= 15 is 8.78 Å². The second-order valence-electron chi connectivity index (χ2n) is 12.1. The summed E-state index contributed by atoms with van der Waals surface area (Å²) in [7, 11) is 0. The quantitative estimate of drug-likeness (QED) is 0.651. The van der Waals surface area contributed by atoms with Crippen molar-refractivity contribution < 1.29 is 18.1 Å². The van der Waals surface area contributed by atoms with Gasteiger partial charge in [-0.3, -0.25) is 9.80 Å². The van der Waals surface area contributed by atoms with Gasteiger partial charge in [-0.2, -0.15) is 4.98 Å². The molecule has 202 valence electrons. The molecule has 5 rings (SSSR count). The van der Waals surface area contributed by atoms with E-state index < -0.39 is 12.0 Å². The van der Waals surface area contributed by atoms with E-state index in [4.69, 9.17) is 4.52 Å². The number of piperazine rings is 1. The Balaban J connectivity index is 1.20. The number of aromatic nitrogens is 2. The predicted molar refractivity (Wildman–Crippen MR) is 132 cm³/mol. The molecule has 1 aromatic heterocycles. The summed E-state index contributed by atoms with van der Waals surface area (Å²) in [5.41, 5.74) is -0.274. The third-order valence-electron chi connectivity index (χ3n) is 9.24. The summed E-state index contributed by atoms with van der Waals surface area (Å²) in [5.74, 6) is -0.509. The highest BCUT2D eigenvalue weighted by atomic mass is 19.3. The molecule has 0 spiro atoms. The number of nitrogens with zero attached hydrogens (tertiary/aromatic N) is 5. The smallest absolute Gasteiger partial charge is 0.317 e. The fourth-order valence-corrected chi connectivity index (χ4v) is 6.28. The van der Waals surface area contributed by atoms with Gasteiger partial charge >= 0.3 is 6.03 Å². The van der Waals surface area contributed by atoms with Gasteiger partial charge in [0.05, 0.1) is 0 Å². The lowest BCUT2D eigenvalue weighted by Gasteiger charge is -2.48. The first-order valence-corrected chi connectivity index (χ1v) is 13.8. The van der Waals surface area contributed by atoms with Crippen LogP contribution in [0.15, 0.2) is 4.52 Å². The number of amides is 2. The molecule has 2 aliphatic heterocycles. The summed E-state index contributed by atoms with van der Waals surface area (Å²) in [4.78, 5) is 24.1. The van der Waals surface area contributed by atoms with Gasteiger partial charge in [0.1, 0.15) is 6.04 Å². The van der Waals surface area contributed by atoms with E-state index in [1.54, 1.807) is 4.90 Å². The van der Waals surface area contributed by atoms with Crippen LogP contribution in [0.3, 0.4) is 0 Å². The van der Waals surface area contributed by atoms with E-state index in [1.807, 2.05) is 0 Å². The first-order chi connectivity index (χ1) is 17.1. The maximum Gasteiger partial charge on any atom is 0.317 e. The van der Waals surface area contributed by atoms with Crippen LogP contribution in [0.4, 0.5) is 13.6 Å². The van der Waals surface area contributed by atoms with Crippen LogP contribution in [-0.4, -0.2) is 94.2 Å². The van der Waals surface area contributed by atoms with Gasteiger partial charge < -0.3 is 14.7 Å². The molecule has 4 atom stereocenters. The maximum absolute atomic E-state index is 15.2.